The van der Waals surface area contributed by atoms with E-state index in [0.717, 1.165) is 44.9 Å². The van der Waals surface area contributed by atoms with E-state index in [1.807, 2.05) is 0 Å². The van der Waals surface area contributed by atoms with Gasteiger partial charge in [0.2, 0.25) is 0 Å². The summed E-state index contributed by atoms with van der Waals surface area (Å²) in [4.78, 5) is 82.9. The summed E-state index contributed by atoms with van der Waals surface area (Å²) in [6.07, 6.45) is 20.6. The van der Waals surface area contributed by atoms with Crippen molar-refractivity contribution in [1.29, 1.82) is 0 Å². The second-order valence-corrected chi connectivity index (χ2v) is 17.3. The molecule has 0 bridgehead atoms. The van der Waals surface area contributed by atoms with E-state index in [9.17, 15) is 38.2 Å². The number of carboxylic acids is 1. The number of rotatable bonds is 42. The summed E-state index contributed by atoms with van der Waals surface area (Å²) < 4.78 is 44.0. The molecule has 0 saturated carbocycles. The Kier molecular flexibility index (Phi) is 35.8. The van der Waals surface area contributed by atoms with Crippen molar-refractivity contribution in [3.05, 3.63) is 0 Å². The van der Waals surface area contributed by atoms with Crippen LogP contribution in [0.2, 0.25) is 0 Å². The Morgan fingerprint density at radius 2 is 0.885 bits per heavy atom. The minimum Gasteiger partial charge on any atom is -0.481 e. The van der Waals surface area contributed by atoms with E-state index < -0.39 is 101 Å². The van der Waals surface area contributed by atoms with Gasteiger partial charge >= 0.3 is 37.7 Å². The van der Waals surface area contributed by atoms with Crippen molar-refractivity contribution in [1.82, 2.24) is 0 Å². The molecule has 0 aromatic carbocycles. The van der Waals surface area contributed by atoms with Crippen LogP contribution in [0.25, 0.3) is 0 Å². The predicted molar refractivity (Wildman–Crippen MR) is 229 cm³/mol. The summed E-state index contributed by atoms with van der Waals surface area (Å²) in [6, 6.07) is -2.98. The van der Waals surface area contributed by atoms with Gasteiger partial charge in [-0.1, -0.05) is 142 Å². The van der Waals surface area contributed by atoms with Gasteiger partial charge < -0.3 is 40.4 Å². The first kappa shape index (κ1) is 58.0. The number of ether oxygens (including phenoxy) is 4. The summed E-state index contributed by atoms with van der Waals surface area (Å²) in [5.41, 5.74) is 11.2. The lowest BCUT2D eigenvalue weighted by atomic mass is 10.1. The Labute approximate surface area is 364 Å². The normalized spacial score (nSPS) is 14.3. The number of unbranched alkanes of at least 4 members (excludes halogenated alkanes) is 20. The lowest BCUT2D eigenvalue weighted by molar-refractivity contribution is -0.164. The van der Waals surface area contributed by atoms with Crippen molar-refractivity contribution in [2.24, 2.45) is 11.5 Å². The van der Waals surface area contributed by atoms with Gasteiger partial charge in [0.15, 0.2) is 12.2 Å². The zero-order chi connectivity index (χ0) is 45.7. The van der Waals surface area contributed by atoms with Gasteiger partial charge in [0, 0.05) is 19.3 Å². The molecular weight excluding hydrogens is 815 g/mol. The summed E-state index contributed by atoms with van der Waals surface area (Å²) >= 11 is 0. The molecule has 0 radical (unpaired) electrons. The molecular formula is C43H79N2O15P. The van der Waals surface area contributed by atoms with E-state index in [1.54, 1.807) is 0 Å². The number of hydrogen-bond acceptors (Lipinski definition) is 15. The first-order valence-electron chi connectivity index (χ1n) is 22.7. The third-order valence-corrected chi connectivity index (χ3v) is 10.7. The molecule has 0 aliphatic heterocycles. The van der Waals surface area contributed by atoms with E-state index in [4.69, 9.17) is 44.6 Å². The van der Waals surface area contributed by atoms with Gasteiger partial charge in [-0.25, -0.2) is 4.57 Å². The topological polar surface area (TPSA) is 267 Å². The smallest absolute Gasteiger partial charge is 0.472 e. The Morgan fingerprint density at radius 1 is 0.508 bits per heavy atom. The first-order chi connectivity index (χ1) is 29.1. The highest BCUT2D eigenvalue weighted by atomic mass is 31.2. The molecule has 0 aromatic heterocycles. The second-order valence-electron chi connectivity index (χ2n) is 15.8. The summed E-state index contributed by atoms with van der Waals surface area (Å²) in [6.45, 7) is 2.75. The largest absolute Gasteiger partial charge is 0.481 e. The highest BCUT2D eigenvalue weighted by molar-refractivity contribution is 7.47. The van der Waals surface area contributed by atoms with Crippen molar-refractivity contribution in [2.75, 3.05) is 26.4 Å². The predicted octanol–water partition coefficient (Wildman–Crippen LogP) is 7.54. The Hall–Kier alpha value is -2.95. The summed E-state index contributed by atoms with van der Waals surface area (Å²) in [5.74, 6) is -5.21. The molecule has 0 aromatic rings. The number of aliphatic carboxylic acids is 1. The number of esters is 4. The second kappa shape index (κ2) is 37.6. The molecule has 0 aliphatic rings. The quantitative estimate of drug-likeness (QED) is 0.0199. The summed E-state index contributed by atoms with van der Waals surface area (Å²) in [7, 11) is -5.01. The fourth-order valence-electron chi connectivity index (χ4n) is 6.19. The van der Waals surface area contributed by atoms with Crippen LogP contribution in [-0.4, -0.2) is 96.3 Å². The van der Waals surface area contributed by atoms with Crippen LogP contribution in [-0.2, 0) is 61.3 Å². The van der Waals surface area contributed by atoms with Crippen molar-refractivity contribution in [2.45, 2.75) is 212 Å². The van der Waals surface area contributed by atoms with E-state index in [2.05, 4.69) is 13.8 Å². The van der Waals surface area contributed by atoms with E-state index >= 15 is 0 Å². The van der Waals surface area contributed by atoms with Gasteiger partial charge in [-0.15, -0.1) is 0 Å². The molecule has 5 atom stereocenters. The molecule has 0 heterocycles. The number of Topliss-reactive ketones (excluding diaryl/α,β-unsaturated/α-hetero) is 1. The van der Waals surface area contributed by atoms with E-state index in [0.29, 0.717) is 12.8 Å². The maximum atomic E-state index is 13.0. The molecule has 0 rings (SSSR count). The van der Waals surface area contributed by atoms with Gasteiger partial charge in [-0.3, -0.25) is 37.8 Å². The highest BCUT2D eigenvalue weighted by Gasteiger charge is 2.31. The lowest BCUT2D eigenvalue weighted by Crippen LogP contribution is -2.41. The van der Waals surface area contributed by atoms with Gasteiger partial charge in [-0.05, 0) is 19.8 Å². The average molecular weight is 895 g/mol. The van der Waals surface area contributed by atoms with Crippen molar-refractivity contribution < 1.29 is 71.3 Å². The maximum absolute atomic E-state index is 13.0. The van der Waals surface area contributed by atoms with Gasteiger partial charge in [0.05, 0.1) is 19.6 Å². The molecule has 0 spiro atoms. The fourth-order valence-corrected chi connectivity index (χ4v) is 6.98. The van der Waals surface area contributed by atoms with Crippen LogP contribution in [0, 0.1) is 0 Å². The Morgan fingerprint density at radius 3 is 1.31 bits per heavy atom. The zero-order valence-electron chi connectivity index (χ0n) is 37.3. The van der Waals surface area contributed by atoms with Crippen LogP contribution in [0.3, 0.4) is 0 Å². The Balaban J connectivity index is 5.27. The highest BCUT2D eigenvalue weighted by Crippen LogP contribution is 2.43. The average Bonchev–Trinajstić information content (AvgIpc) is 3.20. The molecule has 61 heavy (non-hydrogen) atoms. The van der Waals surface area contributed by atoms with Crippen LogP contribution in [0.15, 0.2) is 0 Å². The number of nitrogens with two attached hydrogens (primary N) is 2. The Bertz CT molecular complexity index is 1270. The number of phosphoric acid groups is 1. The number of ketones is 1. The van der Waals surface area contributed by atoms with Crippen molar-refractivity contribution in [3.8, 4) is 0 Å². The molecule has 0 fully saturated rings. The molecule has 356 valence electrons. The van der Waals surface area contributed by atoms with Crippen LogP contribution in [0.1, 0.15) is 188 Å². The van der Waals surface area contributed by atoms with Crippen LogP contribution < -0.4 is 11.5 Å². The molecule has 0 aliphatic carbocycles. The number of carbonyl (C=O) groups excluding carboxylic acids is 5. The molecule has 17 nitrogen and oxygen atoms in total. The van der Waals surface area contributed by atoms with E-state index in [1.165, 1.54) is 90.4 Å². The zero-order valence-corrected chi connectivity index (χ0v) is 38.2. The third-order valence-electron chi connectivity index (χ3n) is 9.75. The van der Waals surface area contributed by atoms with Crippen molar-refractivity contribution >= 4 is 43.5 Å². The number of hydrogen-bond donors (Lipinski definition) is 4. The summed E-state index contributed by atoms with van der Waals surface area (Å²) in [5, 5.41) is 8.89. The van der Waals surface area contributed by atoms with Crippen molar-refractivity contribution in [3.63, 3.8) is 0 Å². The maximum Gasteiger partial charge on any atom is 0.472 e. The third kappa shape index (κ3) is 36.3. The SMILES string of the molecule is CCCCCCCCCCCCCC(=O)OC[C@H](COP(=O)(O)OCC(COC(=O)[C@@H](N)CC(=O)O)OC(=O)[C@@H](N)CC(C)=O)OC(=O)CCCCCCCCCCCCC. The number of carboxylic acid groups (broad SMARTS) is 1. The molecule has 2 unspecified atom stereocenters. The fraction of sp³-hybridized carbons (Fsp3) is 0.860. The molecule has 18 heteroatoms. The van der Waals surface area contributed by atoms with Gasteiger partial charge in [0.1, 0.15) is 31.1 Å². The molecule has 6 N–H and O–H groups in total. The first-order valence-corrected chi connectivity index (χ1v) is 24.2. The standard InChI is InChI=1S/C43H79N2O15P/c1-4-6-8-10-12-14-16-18-20-22-24-26-40(49)55-30-35(59-41(50)27-25-23-21-19-17-15-13-11-9-7-5-2)32-57-61(53,54)58-33-36(60-43(52)37(44)28-34(3)46)31-56-42(51)38(45)29-39(47)48/h35-38H,4-33,44-45H2,1-3H3,(H,47,48)(H,53,54)/t35-,36?,37+,38+/m1/s1. The monoisotopic (exact) mass is 895 g/mol. The van der Waals surface area contributed by atoms with Gasteiger partial charge in [-0.2, -0.15) is 0 Å². The van der Waals surface area contributed by atoms with Crippen LogP contribution in [0.5, 0.6) is 0 Å². The number of phosphoric ester groups is 1. The lowest BCUT2D eigenvalue weighted by Gasteiger charge is -2.23. The molecule has 0 amide bonds. The van der Waals surface area contributed by atoms with E-state index in [-0.39, 0.29) is 19.3 Å². The number of carbonyl (C=O) groups is 6. The van der Waals surface area contributed by atoms with Crippen LogP contribution >= 0.6 is 7.82 Å². The van der Waals surface area contributed by atoms with Crippen LogP contribution in [0.4, 0.5) is 0 Å². The minimum atomic E-state index is -5.01. The minimum absolute atomic E-state index is 0.0845. The van der Waals surface area contributed by atoms with Gasteiger partial charge in [0.25, 0.3) is 0 Å². The molecule has 0 saturated heterocycles.